The van der Waals surface area contributed by atoms with Crippen molar-refractivity contribution >= 4 is 18.5 Å². The predicted molar refractivity (Wildman–Crippen MR) is 47.1 cm³/mol. The summed E-state index contributed by atoms with van der Waals surface area (Å²) in [7, 11) is 0. The van der Waals surface area contributed by atoms with Crippen LogP contribution in [-0.4, -0.2) is 22.8 Å². The molecule has 0 bridgehead atoms. The SMILES string of the molecule is CCN1C=C(C)C(=O)NC1S. The minimum atomic E-state index is -0.170. The molecule has 1 rings (SSSR count). The standard InChI is InChI=1S/C7H12N2OS/c1-3-9-4-5(2)6(10)8-7(9)11/h4,7,11H,3H2,1-2H3,(H,8,10). The lowest BCUT2D eigenvalue weighted by Gasteiger charge is -2.30. The van der Waals surface area contributed by atoms with Crippen LogP contribution in [-0.2, 0) is 4.79 Å². The predicted octanol–water partition coefficient (Wildman–Crippen LogP) is 0.555. The molecule has 1 aliphatic heterocycles. The first-order chi connectivity index (χ1) is 5.15. The number of hydrogen-bond acceptors (Lipinski definition) is 3. The van der Waals surface area contributed by atoms with Crippen LogP contribution in [0, 0.1) is 0 Å². The molecule has 62 valence electrons. The number of hydrogen-bond donors (Lipinski definition) is 2. The van der Waals surface area contributed by atoms with Crippen LogP contribution in [0.1, 0.15) is 13.8 Å². The van der Waals surface area contributed by atoms with Crippen molar-refractivity contribution in [2.75, 3.05) is 6.54 Å². The van der Waals surface area contributed by atoms with Crippen molar-refractivity contribution in [3.8, 4) is 0 Å². The third kappa shape index (κ3) is 1.68. The summed E-state index contributed by atoms with van der Waals surface area (Å²) >= 11 is 4.19. The molecule has 0 aromatic carbocycles. The van der Waals surface area contributed by atoms with Crippen molar-refractivity contribution in [3.05, 3.63) is 11.8 Å². The number of thiol groups is 1. The van der Waals surface area contributed by atoms with Gasteiger partial charge in [-0.2, -0.15) is 0 Å². The quantitative estimate of drug-likeness (QED) is 0.566. The molecule has 1 aliphatic rings. The van der Waals surface area contributed by atoms with Crippen LogP contribution in [0.15, 0.2) is 11.8 Å². The maximum absolute atomic E-state index is 11.0. The molecule has 1 unspecified atom stereocenters. The molecule has 0 saturated carbocycles. The van der Waals surface area contributed by atoms with E-state index < -0.39 is 0 Å². The van der Waals surface area contributed by atoms with Crippen molar-refractivity contribution in [3.63, 3.8) is 0 Å². The van der Waals surface area contributed by atoms with E-state index in [1.807, 2.05) is 18.0 Å². The average molecular weight is 172 g/mol. The second-order valence-electron chi connectivity index (χ2n) is 2.49. The number of nitrogens with one attached hydrogen (secondary N) is 1. The first kappa shape index (κ1) is 8.46. The molecule has 1 heterocycles. The van der Waals surface area contributed by atoms with Crippen molar-refractivity contribution in [2.24, 2.45) is 0 Å². The summed E-state index contributed by atoms with van der Waals surface area (Å²) in [6.45, 7) is 4.66. The first-order valence-corrected chi connectivity index (χ1v) is 4.10. The third-order valence-electron chi connectivity index (χ3n) is 1.66. The van der Waals surface area contributed by atoms with E-state index in [1.165, 1.54) is 0 Å². The van der Waals surface area contributed by atoms with Crippen LogP contribution >= 0.6 is 12.6 Å². The Labute approximate surface area is 71.9 Å². The van der Waals surface area contributed by atoms with Gasteiger partial charge < -0.3 is 10.2 Å². The molecule has 1 N–H and O–H groups in total. The summed E-state index contributed by atoms with van der Waals surface area (Å²) in [6.07, 6.45) is 1.83. The third-order valence-corrected chi connectivity index (χ3v) is 2.08. The average Bonchev–Trinajstić information content (AvgIpc) is 1.97. The van der Waals surface area contributed by atoms with Crippen LogP contribution < -0.4 is 5.32 Å². The lowest BCUT2D eigenvalue weighted by Crippen LogP contribution is -2.46. The molecule has 3 nitrogen and oxygen atoms in total. The fraction of sp³-hybridized carbons (Fsp3) is 0.571. The van der Waals surface area contributed by atoms with E-state index in [9.17, 15) is 4.79 Å². The van der Waals surface area contributed by atoms with E-state index in [2.05, 4.69) is 17.9 Å². The molecule has 0 saturated heterocycles. The zero-order valence-electron chi connectivity index (χ0n) is 6.66. The monoisotopic (exact) mass is 172 g/mol. The molecular weight excluding hydrogens is 160 g/mol. The Hall–Kier alpha value is -0.640. The summed E-state index contributed by atoms with van der Waals surface area (Å²) in [4.78, 5) is 13.0. The highest BCUT2D eigenvalue weighted by Gasteiger charge is 2.19. The number of carbonyl (C=O) groups excluding carboxylic acids is 1. The lowest BCUT2D eigenvalue weighted by atomic mass is 10.3. The Kier molecular flexibility index (Phi) is 2.44. The summed E-state index contributed by atoms with van der Waals surface area (Å²) in [5.41, 5.74) is 0.563. The molecule has 0 aromatic rings. The summed E-state index contributed by atoms with van der Waals surface area (Å²) in [6, 6.07) is 0. The van der Waals surface area contributed by atoms with Gasteiger partial charge in [0.2, 0.25) is 0 Å². The number of carbonyl (C=O) groups is 1. The van der Waals surface area contributed by atoms with Gasteiger partial charge in [-0.05, 0) is 13.8 Å². The molecular formula is C7H12N2OS. The Bertz CT molecular complexity index is 203. The Morgan fingerprint density at radius 2 is 2.45 bits per heavy atom. The molecule has 0 aromatic heterocycles. The van der Waals surface area contributed by atoms with Crippen LogP contribution in [0.4, 0.5) is 0 Å². The van der Waals surface area contributed by atoms with E-state index in [0.29, 0.717) is 0 Å². The normalized spacial score (nSPS) is 24.6. The highest BCUT2D eigenvalue weighted by atomic mass is 32.1. The molecule has 0 radical (unpaired) electrons. The van der Waals surface area contributed by atoms with Gasteiger partial charge in [0.05, 0.1) is 0 Å². The smallest absolute Gasteiger partial charge is 0.250 e. The van der Waals surface area contributed by atoms with E-state index in [0.717, 1.165) is 12.1 Å². The highest BCUT2D eigenvalue weighted by molar-refractivity contribution is 7.80. The van der Waals surface area contributed by atoms with Crippen LogP contribution in [0.25, 0.3) is 0 Å². The zero-order valence-corrected chi connectivity index (χ0v) is 7.56. The zero-order chi connectivity index (χ0) is 8.43. The van der Waals surface area contributed by atoms with Gasteiger partial charge in [-0.15, -0.1) is 12.6 Å². The van der Waals surface area contributed by atoms with Gasteiger partial charge in [-0.1, -0.05) is 0 Å². The van der Waals surface area contributed by atoms with Crippen LogP contribution in [0.5, 0.6) is 0 Å². The van der Waals surface area contributed by atoms with E-state index in [-0.39, 0.29) is 11.4 Å². The number of amides is 1. The maximum atomic E-state index is 11.0. The fourth-order valence-electron chi connectivity index (χ4n) is 0.956. The molecule has 4 heteroatoms. The minimum Gasteiger partial charge on any atom is -0.349 e. The van der Waals surface area contributed by atoms with E-state index in [1.54, 1.807) is 6.92 Å². The Morgan fingerprint density at radius 1 is 1.82 bits per heavy atom. The number of rotatable bonds is 1. The molecule has 1 amide bonds. The van der Waals surface area contributed by atoms with E-state index in [4.69, 9.17) is 0 Å². The summed E-state index contributed by atoms with van der Waals surface area (Å²) in [5, 5.41) is 2.71. The summed E-state index contributed by atoms with van der Waals surface area (Å²) in [5.74, 6) is -0.0327. The number of nitrogens with zero attached hydrogens (tertiary/aromatic N) is 1. The lowest BCUT2D eigenvalue weighted by molar-refractivity contribution is -0.119. The molecule has 0 aliphatic carbocycles. The topological polar surface area (TPSA) is 32.3 Å². The van der Waals surface area contributed by atoms with Gasteiger partial charge in [0, 0.05) is 18.3 Å². The highest BCUT2D eigenvalue weighted by Crippen LogP contribution is 2.10. The van der Waals surface area contributed by atoms with Gasteiger partial charge in [0.1, 0.15) is 5.50 Å². The fourth-order valence-corrected chi connectivity index (χ4v) is 1.30. The second-order valence-corrected chi connectivity index (χ2v) is 2.98. The molecule has 0 fully saturated rings. The van der Waals surface area contributed by atoms with Gasteiger partial charge >= 0.3 is 0 Å². The molecule has 0 spiro atoms. The molecule has 1 atom stereocenters. The van der Waals surface area contributed by atoms with Crippen LogP contribution in [0.2, 0.25) is 0 Å². The maximum Gasteiger partial charge on any atom is 0.250 e. The van der Waals surface area contributed by atoms with Gasteiger partial charge in [-0.3, -0.25) is 4.79 Å². The van der Waals surface area contributed by atoms with Crippen molar-refractivity contribution in [2.45, 2.75) is 19.3 Å². The van der Waals surface area contributed by atoms with Crippen molar-refractivity contribution in [1.82, 2.24) is 10.2 Å². The Balaban J connectivity index is 2.77. The van der Waals surface area contributed by atoms with Crippen molar-refractivity contribution in [1.29, 1.82) is 0 Å². The van der Waals surface area contributed by atoms with E-state index >= 15 is 0 Å². The summed E-state index contributed by atoms with van der Waals surface area (Å²) < 4.78 is 0. The van der Waals surface area contributed by atoms with Gasteiger partial charge in [0.25, 0.3) is 5.91 Å². The van der Waals surface area contributed by atoms with Crippen LogP contribution in [0.3, 0.4) is 0 Å². The second kappa shape index (κ2) is 3.17. The first-order valence-electron chi connectivity index (χ1n) is 3.58. The largest absolute Gasteiger partial charge is 0.349 e. The van der Waals surface area contributed by atoms with Gasteiger partial charge in [-0.25, -0.2) is 0 Å². The Morgan fingerprint density at radius 3 is 3.00 bits per heavy atom. The minimum absolute atomic E-state index is 0.0327. The molecule has 11 heavy (non-hydrogen) atoms. The van der Waals surface area contributed by atoms with Crippen molar-refractivity contribution < 1.29 is 4.79 Å². The van der Waals surface area contributed by atoms with Gasteiger partial charge in [0.15, 0.2) is 0 Å².